The molecule has 0 unspecified atom stereocenters. The van der Waals surface area contributed by atoms with Gasteiger partial charge in [-0.25, -0.2) is 12.7 Å². The van der Waals surface area contributed by atoms with Crippen LogP contribution in [0.2, 0.25) is 0 Å². The second kappa shape index (κ2) is 8.11. The first-order valence-electron chi connectivity index (χ1n) is 8.77. The molecule has 1 fully saturated rings. The van der Waals surface area contributed by atoms with Gasteiger partial charge in [0.1, 0.15) is 0 Å². The van der Waals surface area contributed by atoms with Gasteiger partial charge in [-0.05, 0) is 30.3 Å². The fourth-order valence-electron chi connectivity index (χ4n) is 2.89. The number of carbonyl (C=O) groups excluding carboxylic acids is 1. The molecule has 150 valence electrons. The lowest BCUT2D eigenvalue weighted by Crippen LogP contribution is -2.49. The molecule has 0 N–H and O–H groups in total. The van der Waals surface area contributed by atoms with Crippen molar-refractivity contribution in [3.05, 3.63) is 42.0 Å². The largest absolute Gasteiger partial charge is 0.480 e. The van der Waals surface area contributed by atoms with Crippen LogP contribution in [0.4, 0.5) is 5.82 Å². The maximum Gasteiger partial charge on any atom is 0.253 e. The first kappa shape index (κ1) is 20.0. The molecule has 28 heavy (non-hydrogen) atoms. The van der Waals surface area contributed by atoms with E-state index < -0.39 is 10.0 Å². The monoisotopic (exact) mass is 405 g/mol. The number of hydrogen-bond donors (Lipinski definition) is 0. The fraction of sp³-hybridized carbons (Fsp3) is 0.389. The summed E-state index contributed by atoms with van der Waals surface area (Å²) in [5.74, 6) is 1.08. The van der Waals surface area contributed by atoms with E-state index in [1.807, 2.05) is 6.07 Å². The highest BCUT2D eigenvalue weighted by Gasteiger charge is 2.24. The highest BCUT2D eigenvalue weighted by atomic mass is 32.2. The van der Waals surface area contributed by atoms with E-state index in [4.69, 9.17) is 4.74 Å². The average molecular weight is 405 g/mol. The molecule has 3 rings (SSSR count). The van der Waals surface area contributed by atoms with Crippen molar-refractivity contribution in [3.8, 4) is 5.88 Å². The van der Waals surface area contributed by atoms with Crippen molar-refractivity contribution in [2.75, 3.05) is 52.3 Å². The minimum Gasteiger partial charge on any atom is -0.480 e. The van der Waals surface area contributed by atoms with E-state index in [1.54, 1.807) is 23.1 Å². The van der Waals surface area contributed by atoms with Crippen molar-refractivity contribution in [1.82, 2.24) is 19.4 Å². The number of amides is 1. The standard InChI is InChI=1S/C18H23N5O4S/c1-21(2)28(25,26)15-6-4-14(5-7-15)18(24)23-12-10-22(11-13-23)16-8-9-17(27-3)20-19-16/h4-9H,10-13H2,1-3H3. The summed E-state index contributed by atoms with van der Waals surface area (Å²) in [6.07, 6.45) is 0. The summed E-state index contributed by atoms with van der Waals surface area (Å²) in [5.41, 5.74) is 0.468. The number of benzene rings is 1. The van der Waals surface area contributed by atoms with Gasteiger partial charge < -0.3 is 14.5 Å². The zero-order chi connectivity index (χ0) is 20.3. The predicted molar refractivity (Wildman–Crippen MR) is 104 cm³/mol. The normalized spacial score (nSPS) is 15.0. The van der Waals surface area contributed by atoms with Crippen LogP contribution in [-0.2, 0) is 10.0 Å². The Labute approximate surface area is 164 Å². The van der Waals surface area contributed by atoms with Gasteiger partial charge in [0.05, 0.1) is 12.0 Å². The number of piperazine rings is 1. The lowest BCUT2D eigenvalue weighted by Gasteiger charge is -2.35. The number of hydrogen-bond acceptors (Lipinski definition) is 7. The Balaban J connectivity index is 1.63. The van der Waals surface area contributed by atoms with Gasteiger partial charge in [0.25, 0.3) is 5.91 Å². The quantitative estimate of drug-likeness (QED) is 0.722. The number of methoxy groups -OCH3 is 1. The SMILES string of the molecule is COc1ccc(N2CCN(C(=O)c3ccc(S(=O)(=O)N(C)C)cc3)CC2)nn1. The molecule has 0 radical (unpaired) electrons. The molecule has 0 aliphatic carbocycles. The highest BCUT2D eigenvalue weighted by molar-refractivity contribution is 7.89. The Morgan fingerprint density at radius 3 is 2.14 bits per heavy atom. The summed E-state index contributed by atoms with van der Waals surface area (Å²) in [6, 6.07) is 9.63. The van der Waals surface area contributed by atoms with Gasteiger partial charge in [-0.2, -0.15) is 0 Å². The summed E-state index contributed by atoms with van der Waals surface area (Å²) in [6.45, 7) is 2.37. The molecule has 1 aliphatic heterocycles. The zero-order valence-corrected chi connectivity index (χ0v) is 16.9. The van der Waals surface area contributed by atoms with Crippen LogP contribution >= 0.6 is 0 Å². The number of nitrogens with zero attached hydrogens (tertiary/aromatic N) is 5. The van der Waals surface area contributed by atoms with E-state index in [0.29, 0.717) is 37.6 Å². The molecular formula is C18H23N5O4S. The number of carbonyl (C=O) groups is 1. The number of ether oxygens (including phenoxy) is 1. The van der Waals surface area contributed by atoms with Gasteiger partial charge in [-0.1, -0.05) is 0 Å². The number of sulfonamides is 1. The summed E-state index contributed by atoms with van der Waals surface area (Å²) >= 11 is 0. The number of rotatable bonds is 5. The van der Waals surface area contributed by atoms with E-state index in [1.165, 1.54) is 33.3 Å². The van der Waals surface area contributed by atoms with E-state index in [2.05, 4.69) is 15.1 Å². The molecule has 1 aromatic carbocycles. The van der Waals surface area contributed by atoms with Crippen molar-refractivity contribution in [1.29, 1.82) is 0 Å². The maximum absolute atomic E-state index is 12.7. The van der Waals surface area contributed by atoms with Crippen LogP contribution in [0, 0.1) is 0 Å². The molecule has 9 nitrogen and oxygen atoms in total. The van der Waals surface area contributed by atoms with E-state index in [9.17, 15) is 13.2 Å². The van der Waals surface area contributed by atoms with Crippen LogP contribution < -0.4 is 9.64 Å². The molecule has 1 aromatic heterocycles. The van der Waals surface area contributed by atoms with Crippen molar-refractivity contribution < 1.29 is 17.9 Å². The van der Waals surface area contributed by atoms with Crippen LogP contribution in [-0.4, -0.2) is 81.1 Å². The molecule has 0 bridgehead atoms. The average Bonchev–Trinajstić information content (AvgIpc) is 2.73. The van der Waals surface area contributed by atoms with Gasteiger partial charge in [-0.15, -0.1) is 10.2 Å². The van der Waals surface area contributed by atoms with E-state index >= 15 is 0 Å². The maximum atomic E-state index is 12.7. The smallest absolute Gasteiger partial charge is 0.253 e. The summed E-state index contributed by atoms with van der Waals surface area (Å²) < 4.78 is 30.4. The van der Waals surface area contributed by atoms with Crippen LogP contribution in [0.15, 0.2) is 41.3 Å². The Bertz CT molecular complexity index is 921. The predicted octanol–water partition coefficient (Wildman–Crippen LogP) is 0.698. The van der Waals surface area contributed by atoms with Crippen LogP contribution in [0.5, 0.6) is 5.88 Å². The highest BCUT2D eigenvalue weighted by Crippen LogP contribution is 2.18. The summed E-state index contributed by atoms with van der Waals surface area (Å²) in [7, 11) is 0.978. The lowest BCUT2D eigenvalue weighted by molar-refractivity contribution is 0.0746. The number of aromatic nitrogens is 2. The number of anilines is 1. The van der Waals surface area contributed by atoms with Gasteiger partial charge in [0.15, 0.2) is 5.82 Å². The molecule has 1 aliphatic rings. The molecular weight excluding hydrogens is 382 g/mol. The topological polar surface area (TPSA) is 95.9 Å². The van der Waals surface area contributed by atoms with Gasteiger partial charge in [-0.3, -0.25) is 4.79 Å². The van der Waals surface area contributed by atoms with Crippen LogP contribution in [0.3, 0.4) is 0 Å². The first-order valence-corrected chi connectivity index (χ1v) is 10.2. The second-order valence-electron chi connectivity index (χ2n) is 6.52. The Hall–Kier alpha value is -2.72. The van der Waals surface area contributed by atoms with Crippen LogP contribution in [0.1, 0.15) is 10.4 Å². The van der Waals surface area contributed by atoms with Crippen molar-refractivity contribution in [2.24, 2.45) is 0 Å². The molecule has 2 aromatic rings. The van der Waals surface area contributed by atoms with Crippen molar-refractivity contribution in [3.63, 3.8) is 0 Å². The third-order valence-corrected chi connectivity index (χ3v) is 6.44. The molecule has 10 heteroatoms. The van der Waals surface area contributed by atoms with E-state index in [-0.39, 0.29) is 10.8 Å². The molecule has 0 saturated carbocycles. The van der Waals surface area contributed by atoms with Crippen molar-refractivity contribution in [2.45, 2.75) is 4.90 Å². The molecule has 0 atom stereocenters. The van der Waals surface area contributed by atoms with Gasteiger partial charge >= 0.3 is 0 Å². The minimum absolute atomic E-state index is 0.116. The van der Waals surface area contributed by atoms with Crippen LogP contribution in [0.25, 0.3) is 0 Å². The third-order valence-electron chi connectivity index (χ3n) is 4.61. The van der Waals surface area contributed by atoms with Gasteiger partial charge in [0, 0.05) is 51.9 Å². The zero-order valence-electron chi connectivity index (χ0n) is 16.1. The van der Waals surface area contributed by atoms with E-state index in [0.717, 1.165) is 10.1 Å². The first-order chi connectivity index (χ1) is 13.3. The van der Waals surface area contributed by atoms with Gasteiger partial charge in [0.2, 0.25) is 15.9 Å². The minimum atomic E-state index is -3.51. The Morgan fingerprint density at radius 2 is 1.64 bits per heavy atom. The lowest BCUT2D eigenvalue weighted by atomic mass is 10.2. The molecule has 1 saturated heterocycles. The second-order valence-corrected chi connectivity index (χ2v) is 8.68. The Kier molecular flexibility index (Phi) is 5.80. The fourth-order valence-corrected chi connectivity index (χ4v) is 3.79. The summed E-state index contributed by atoms with van der Waals surface area (Å²) in [4.78, 5) is 16.7. The van der Waals surface area contributed by atoms with Crippen molar-refractivity contribution >= 4 is 21.7 Å². The molecule has 0 spiro atoms. The summed E-state index contributed by atoms with van der Waals surface area (Å²) in [5, 5.41) is 8.10. The molecule has 2 heterocycles. The third kappa shape index (κ3) is 4.07. The Morgan fingerprint density at radius 1 is 1.00 bits per heavy atom. The molecule has 1 amide bonds.